The molecule has 0 aromatic heterocycles. The molecule has 1 fully saturated rings. The summed E-state index contributed by atoms with van der Waals surface area (Å²) in [6, 6.07) is 15.1. The van der Waals surface area contributed by atoms with Crippen LogP contribution in [0.5, 0.6) is 0 Å². The van der Waals surface area contributed by atoms with Gasteiger partial charge in [-0.1, -0.05) is 36.4 Å². The molecule has 5 nitrogen and oxygen atoms in total. The fourth-order valence-corrected chi connectivity index (χ4v) is 2.63. The quantitative estimate of drug-likeness (QED) is 0.848. The smallest absolute Gasteiger partial charge is 0.308 e. The van der Waals surface area contributed by atoms with Crippen LogP contribution in [0.15, 0.2) is 54.6 Å². The normalized spacial score (nSPS) is 13.5. The van der Waals surface area contributed by atoms with Crippen molar-refractivity contribution in [1.29, 1.82) is 0 Å². The van der Waals surface area contributed by atoms with Crippen LogP contribution in [0.1, 0.15) is 18.4 Å². The van der Waals surface area contributed by atoms with Gasteiger partial charge in [0.15, 0.2) is 0 Å². The second-order valence-corrected chi connectivity index (χ2v) is 6.10. The Morgan fingerprint density at radius 2 is 1.72 bits per heavy atom. The SMILES string of the molecule is O=C(CN(Cc1ccccc1F)C1CC1)NC(=O)Nc1ccccc1. The second kappa shape index (κ2) is 7.90. The van der Waals surface area contributed by atoms with Crippen molar-refractivity contribution in [3.63, 3.8) is 0 Å². The summed E-state index contributed by atoms with van der Waals surface area (Å²) in [5, 5.41) is 4.92. The van der Waals surface area contributed by atoms with Gasteiger partial charge in [0.25, 0.3) is 0 Å². The van der Waals surface area contributed by atoms with E-state index in [2.05, 4.69) is 10.6 Å². The molecule has 0 bridgehead atoms. The number of carbonyl (C=O) groups excluding carboxylic acids is 2. The van der Waals surface area contributed by atoms with E-state index in [1.54, 1.807) is 42.5 Å². The van der Waals surface area contributed by atoms with E-state index in [9.17, 15) is 14.0 Å². The van der Waals surface area contributed by atoms with Crippen LogP contribution in [0.25, 0.3) is 0 Å². The molecule has 0 unspecified atom stereocenters. The number of carbonyl (C=O) groups is 2. The summed E-state index contributed by atoms with van der Waals surface area (Å²) in [5.74, 6) is -0.688. The molecule has 3 rings (SSSR count). The van der Waals surface area contributed by atoms with Gasteiger partial charge in [-0.3, -0.25) is 15.0 Å². The Bertz CT molecular complexity index is 747. The minimum Gasteiger partial charge on any atom is -0.308 e. The van der Waals surface area contributed by atoms with Gasteiger partial charge in [-0.15, -0.1) is 0 Å². The zero-order valence-electron chi connectivity index (χ0n) is 13.7. The molecule has 1 aliphatic carbocycles. The van der Waals surface area contributed by atoms with Gasteiger partial charge in [-0.2, -0.15) is 0 Å². The fraction of sp³-hybridized carbons (Fsp3) is 0.263. The third kappa shape index (κ3) is 5.12. The van der Waals surface area contributed by atoms with Gasteiger partial charge in [0.1, 0.15) is 5.82 Å². The lowest BCUT2D eigenvalue weighted by atomic mass is 10.2. The van der Waals surface area contributed by atoms with Gasteiger partial charge in [0.2, 0.25) is 5.91 Å². The van der Waals surface area contributed by atoms with E-state index in [4.69, 9.17) is 0 Å². The molecule has 2 N–H and O–H groups in total. The average Bonchev–Trinajstić information content (AvgIpc) is 3.42. The highest BCUT2D eigenvalue weighted by Crippen LogP contribution is 2.28. The van der Waals surface area contributed by atoms with Crippen LogP contribution in [0.4, 0.5) is 14.9 Å². The molecule has 0 heterocycles. The van der Waals surface area contributed by atoms with Crippen LogP contribution in [-0.4, -0.2) is 29.4 Å². The summed E-state index contributed by atoms with van der Waals surface area (Å²) in [6.45, 7) is 0.409. The maximum atomic E-state index is 13.8. The van der Waals surface area contributed by atoms with Gasteiger partial charge >= 0.3 is 6.03 Å². The lowest BCUT2D eigenvalue weighted by Gasteiger charge is -2.21. The minimum atomic E-state index is -0.571. The van der Waals surface area contributed by atoms with E-state index in [-0.39, 0.29) is 18.4 Å². The maximum absolute atomic E-state index is 13.8. The number of para-hydroxylation sites is 1. The first-order chi connectivity index (χ1) is 12.1. The number of anilines is 1. The summed E-state index contributed by atoms with van der Waals surface area (Å²) in [7, 11) is 0. The van der Waals surface area contributed by atoms with Crippen molar-refractivity contribution in [3.05, 3.63) is 66.0 Å². The van der Waals surface area contributed by atoms with Crippen LogP contribution in [0.2, 0.25) is 0 Å². The number of hydrogen-bond acceptors (Lipinski definition) is 3. The summed E-state index contributed by atoms with van der Waals surface area (Å²) < 4.78 is 13.8. The molecular weight excluding hydrogens is 321 g/mol. The lowest BCUT2D eigenvalue weighted by molar-refractivity contribution is -0.121. The molecule has 1 saturated carbocycles. The highest BCUT2D eigenvalue weighted by Gasteiger charge is 2.31. The van der Waals surface area contributed by atoms with Crippen molar-refractivity contribution in [2.24, 2.45) is 0 Å². The Balaban J connectivity index is 1.54. The van der Waals surface area contributed by atoms with Gasteiger partial charge in [0.05, 0.1) is 6.54 Å². The number of rotatable bonds is 6. The topological polar surface area (TPSA) is 61.4 Å². The summed E-state index contributed by atoms with van der Waals surface area (Å²) >= 11 is 0. The van der Waals surface area contributed by atoms with Crippen molar-refractivity contribution in [3.8, 4) is 0 Å². The summed E-state index contributed by atoms with van der Waals surface area (Å²) in [4.78, 5) is 25.9. The highest BCUT2D eigenvalue weighted by molar-refractivity contribution is 6.01. The van der Waals surface area contributed by atoms with E-state index in [1.165, 1.54) is 6.07 Å². The Labute approximate surface area is 145 Å². The largest absolute Gasteiger partial charge is 0.325 e. The van der Waals surface area contributed by atoms with Crippen LogP contribution >= 0.6 is 0 Å². The molecule has 0 aliphatic heterocycles. The lowest BCUT2D eigenvalue weighted by Crippen LogP contribution is -2.42. The number of imide groups is 1. The van der Waals surface area contributed by atoms with Crippen LogP contribution < -0.4 is 10.6 Å². The standard InChI is InChI=1S/C19H20FN3O2/c20-17-9-5-4-6-14(17)12-23(16-10-11-16)13-18(24)22-19(25)21-15-7-2-1-3-8-15/h1-9,16H,10-13H2,(H2,21,22,24,25). The second-order valence-electron chi connectivity index (χ2n) is 6.10. The predicted octanol–water partition coefficient (Wildman–Crippen LogP) is 3.14. The van der Waals surface area contributed by atoms with Gasteiger partial charge < -0.3 is 5.32 Å². The fourth-order valence-electron chi connectivity index (χ4n) is 2.63. The van der Waals surface area contributed by atoms with E-state index in [0.717, 1.165) is 12.8 Å². The van der Waals surface area contributed by atoms with E-state index in [1.807, 2.05) is 11.0 Å². The number of nitrogens with one attached hydrogen (secondary N) is 2. The first kappa shape index (κ1) is 17.1. The zero-order chi connectivity index (χ0) is 17.6. The third-order valence-corrected chi connectivity index (χ3v) is 4.03. The van der Waals surface area contributed by atoms with Crippen molar-refractivity contribution >= 4 is 17.6 Å². The maximum Gasteiger partial charge on any atom is 0.325 e. The first-order valence-corrected chi connectivity index (χ1v) is 8.25. The molecule has 25 heavy (non-hydrogen) atoms. The number of amides is 3. The zero-order valence-corrected chi connectivity index (χ0v) is 13.7. The van der Waals surface area contributed by atoms with Crippen molar-refractivity contribution in [1.82, 2.24) is 10.2 Å². The van der Waals surface area contributed by atoms with Crippen molar-refractivity contribution < 1.29 is 14.0 Å². The van der Waals surface area contributed by atoms with Gasteiger partial charge in [0, 0.05) is 23.8 Å². The molecule has 3 amide bonds. The molecule has 6 heteroatoms. The van der Waals surface area contributed by atoms with Gasteiger partial charge in [-0.25, -0.2) is 9.18 Å². The van der Waals surface area contributed by atoms with Gasteiger partial charge in [-0.05, 0) is 31.0 Å². The predicted molar refractivity (Wildman–Crippen MR) is 93.4 cm³/mol. The monoisotopic (exact) mass is 341 g/mol. The van der Waals surface area contributed by atoms with Crippen molar-refractivity contribution in [2.45, 2.75) is 25.4 Å². The Morgan fingerprint density at radius 3 is 2.40 bits per heavy atom. The number of halogens is 1. The van der Waals surface area contributed by atoms with Crippen molar-refractivity contribution in [2.75, 3.05) is 11.9 Å². The molecule has 2 aromatic carbocycles. The number of nitrogens with zero attached hydrogens (tertiary/aromatic N) is 1. The van der Waals surface area contributed by atoms with E-state index >= 15 is 0 Å². The number of urea groups is 1. The third-order valence-electron chi connectivity index (χ3n) is 4.03. The van der Waals surface area contributed by atoms with E-state index < -0.39 is 11.9 Å². The summed E-state index contributed by atoms with van der Waals surface area (Å²) in [6.07, 6.45) is 1.97. The molecule has 0 atom stereocenters. The Hall–Kier alpha value is -2.73. The number of hydrogen-bond donors (Lipinski definition) is 2. The molecule has 0 radical (unpaired) electrons. The molecule has 0 spiro atoms. The Morgan fingerprint density at radius 1 is 1.04 bits per heavy atom. The minimum absolute atomic E-state index is 0.0568. The molecular formula is C19H20FN3O2. The molecule has 1 aliphatic rings. The summed E-state index contributed by atoms with van der Waals surface area (Å²) in [5.41, 5.74) is 1.16. The highest BCUT2D eigenvalue weighted by atomic mass is 19.1. The molecule has 130 valence electrons. The van der Waals surface area contributed by atoms with Crippen LogP contribution in [0.3, 0.4) is 0 Å². The first-order valence-electron chi connectivity index (χ1n) is 8.25. The Kier molecular flexibility index (Phi) is 5.40. The van der Waals surface area contributed by atoms with E-state index in [0.29, 0.717) is 17.8 Å². The molecule has 2 aromatic rings. The number of benzene rings is 2. The van der Waals surface area contributed by atoms with Crippen LogP contribution in [-0.2, 0) is 11.3 Å². The average molecular weight is 341 g/mol. The molecule has 0 saturated heterocycles. The van der Waals surface area contributed by atoms with Crippen LogP contribution in [0, 0.1) is 5.82 Å².